The van der Waals surface area contributed by atoms with Crippen molar-refractivity contribution in [1.82, 2.24) is 34.9 Å². The van der Waals surface area contributed by atoms with E-state index in [4.69, 9.17) is 0 Å². The molecule has 0 bridgehead atoms. The molecular weight excluding hydrogens is 258 g/mol. The number of sulfonamides is 1. The molecule has 18 heavy (non-hydrogen) atoms. The van der Waals surface area contributed by atoms with E-state index in [2.05, 4.69) is 30.3 Å². The Morgan fingerprint density at radius 3 is 2.89 bits per heavy atom. The van der Waals surface area contributed by atoms with Gasteiger partial charge >= 0.3 is 0 Å². The zero-order valence-electron chi connectivity index (χ0n) is 9.90. The average Bonchev–Trinajstić information content (AvgIpc) is 3.00. The van der Waals surface area contributed by atoms with Crippen molar-refractivity contribution in [3.63, 3.8) is 0 Å². The lowest BCUT2D eigenvalue weighted by atomic mass is 10.4. The first-order valence-corrected chi connectivity index (χ1v) is 6.78. The van der Waals surface area contributed by atoms with Crippen LogP contribution in [0, 0.1) is 0 Å². The third-order valence-electron chi connectivity index (χ3n) is 2.33. The maximum atomic E-state index is 12.0. The number of tetrazole rings is 1. The lowest BCUT2D eigenvalue weighted by Gasteiger charge is -2.08. The van der Waals surface area contributed by atoms with Crippen LogP contribution in [0.3, 0.4) is 0 Å². The van der Waals surface area contributed by atoms with Crippen LogP contribution in [0.1, 0.15) is 25.7 Å². The van der Waals surface area contributed by atoms with E-state index in [1.165, 1.54) is 12.5 Å². The number of rotatable bonds is 5. The molecule has 0 spiro atoms. The Morgan fingerprint density at radius 1 is 1.56 bits per heavy atom. The number of H-pyrrole nitrogens is 1. The van der Waals surface area contributed by atoms with Crippen molar-refractivity contribution in [3.8, 4) is 0 Å². The van der Waals surface area contributed by atoms with Crippen LogP contribution in [0.15, 0.2) is 17.6 Å². The molecule has 0 amide bonds. The van der Waals surface area contributed by atoms with Crippen molar-refractivity contribution in [2.45, 2.75) is 31.5 Å². The fourth-order valence-corrected chi connectivity index (χ4v) is 2.50. The molecule has 2 aromatic heterocycles. The SMILES string of the molecule is CCn1cnc(S(=O)(=O)NC(C)c2nn[nH]n2)c1. The van der Waals surface area contributed by atoms with Gasteiger partial charge in [0.05, 0.1) is 12.4 Å². The molecule has 2 heterocycles. The highest BCUT2D eigenvalue weighted by atomic mass is 32.2. The van der Waals surface area contributed by atoms with Gasteiger partial charge < -0.3 is 4.57 Å². The molecular formula is C8H13N7O2S. The summed E-state index contributed by atoms with van der Waals surface area (Å²) < 4.78 is 28.1. The lowest BCUT2D eigenvalue weighted by molar-refractivity contribution is 0.556. The second-order valence-electron chi connectivity index (χ2n) is 3.66. The van der Waals surface area contributed by atoms with Gasteiger partial charge in [0.25, 0.3) is 10.0 Å². The van der Waals surface area contributed by atoms with Crippen LogP contribution in [0.2, 0.25) is 0 Å². The van der Waals surface area contributed by atoms with Crippen LogP contribution in [0.5, 0.6) is 0 Å². The van der Waals surface area contributed by atoms with Crippen molar-refractivity contribution in [2.24, 2.45) is 0 Å². The van der Waals surface area contributed by atoms with E-state index in [1.54, 1.807) is 11.5 Å². The highest BCUT2D eigenvalue weighted by Crippen LogP contribution is 2.11. The monoisotopic (exact) mass is 271 g/mol. The predicted octanol–water partition coefficient (Wildman–Crippen LogP) is -0.544. The number of nitrogens with zero attached hydrogens (tertiary/aromatic N) is 5. The molecule has 0 aliphatic carbocycles. The van der Waals surface area contributed by atoms with Gasteiger partial charge in [-0.05, 0) is 13.8 Å². The summed E-state index contributed by atoms with van der Waals surface area (Å²) >= 11 is 0. The molecule has 0 aromatic carbocycles. The van der Waals surface area contributed by atoms with E-state index in [-0.39, 0.29) is 10.9 Å². The molecule has 2 aromatic rings. The van der Waals surface area contributed by atoms with Crippen molar-refractivity contribution >= 4 is 10.0 Å². The Kier molecular flexibility index (Phi) is 3.39. The topological polar surface area (TPSA) is 118 Å². The second kappa shape index (κ2) is 4.82. The molecule has 2 rings (SSSR count). The van der Waals surface area contributed by atoms with Crippen molar-refractivity contribution in [2.75, 3.05) is 0 Å². The maximum Gasteiger partial charge on any atom is 0.260 e. The van der Waals surface area contributed by atoms with E-state index in [9.17, 15) is 8.42 Å². The third kappa shape index (κ3) is 2.54. The van der Waals surface area contributed by atoms with E-state index in [1.807, 2.05) is 6.92 Å². The van der Waals surface area contributed by atoms with Crippen LogP contribution < -0.4 is 4.72 Å². The minimum absolute atomic E-state index is 0.0281. The van der Waals surface area contributed by atoms with Gasteiger partial charge in [0.15, 0.2) is 10.9 Å². The number of hydrogen-bond donors (Lipinski definition) is 2. The minimum atomic E-state index is -3.68. The Labute approximate surface area is 104 Å². The molecule has 98 valence electrons. The van der Waals surface area contributed by atoms with Crippen molar-refractivity contribution in [1.29, 1.82) is 0 Å². The summed E-state index contributed by atoms with van der Waals surface area (Å²) in [5.74, 6) is 0.272. The molecule has 0 aliphatic rings. The molecule has 0 radical (unpaired) electrons. The summed E-state index contributed by atoms with van der Waals surface area (Å²) in [6, 6.07) is -0.583. The summed E-state index contributed by atoms with van der Waals surface area (Å²) in [7, 11) is -3.68. The van der Waals surface area contributed by atoms with Crippen LogP contribution in [0.25, 0.3) is 0 Å². The van der Waals surface area contributed by atoms with Gasteiger partial charge in [0, 0.05) is 12.7 Å². The summed E-state index contributed by atoms with van der Waals surface area (Å²) in [5, 5.41) is 13.0. The molecule has 0 saturated heterocycles. The predicted molar refractivity (Wildman–Crippen MR) is 60.8 cm³/mol. The van der Waals surface area contributed by atoms with Gasteiger partial charge in [-0.25, -0.2) is 13.4 Å². The molecule has 0 saturated carbocycles. The molecule has 1 atom stereocenters. The average molecular weight is 271 g/mol. The number of imidazole rings is 1. The van der Waals surface area contributed by atoms with Crippen LogP contribution in [0.4, 0.5) is 0 Å². The normalized spacial score (nSPS) is 13.7. The van der Waals surface area contributed by atoms with E-state index >= 15 is 0 Å². The van der Waals surface area contributed by atoms with E-state index in [0.717, 1.165) is 0 Å². The minimum Gasteiger partial charge on any atom is -0.336 e. The zero-order chi connectivity index (χ0) is 13.2. The maximum absolute atomic E-state index is 12.0. The molecule has 1 unspecified atom stereocenters. The highest BCUT2D eigenvalue weighted by molar-refractivity contribution is 7.89. The largest absolute Gasteiger partial charge is 0.336 e. The number of aromatic nitrogens is 6. The smallest absolute Gasteiger partial charge is 0.260 e. The molecule has 10 heteroatoms. The van der Waals surface area contributed by atoms with Crippen molar-refractivity contribution in [3.05, 3.63) is 18.3 Å². The van der Waals surface area contributed by atoms with E-state index in [0.29, 0.717) is 6.54 Å². The van der Waals surface area contributed by atoms with Crippen LogP contribution >= 0.6 is 0 Å². The summed E-state index contributed by atoms with van der Waals surface area (Å²) in [5.41, 5.74) is 0. The van der Waals surface area contributed by atoms with E-state index < -0.39 is 16.1 Å². The van der Waals surface area contributed by atoms with Gasteiger partial charge in [-0.15, -0.1) is 10.2 Å². The third-order valence-corrected chi connectivity index (χ3v) is 3.76. The van der Waals surface area contributed by atoms with Gasteiger partial charge in [0.1, 0.15) is 0 Å². The summed E-state index contributed by atoms with van der Waals surface area (Å²) in [4.78, 5) is 3.84. The number of aromatic amines is 1. The standard InChI is InChI=1S/C8H13N7O2S/c1-3-15-4-7(9-5-15)18(16,17)12-6(2)8-10-13-14-11-8/h4-6,12H,3H2,1-2H3,(H,10,11,13,14). The Bertz CT molecular complexity index is 603. The van der Waals surface area contributed by atoms with Gasteiger partial charge in [0.2, 0.25) is 0 Å². The quantitative estimate of drug-likeness (QED) is 0.753. The van der Waals surface area contributed by atoms with Gasteiger partial charge in [-0.2, -0.15) is 9.94 Å². The first-order valence-electron chi connectivity index (χ1n) is 5.30. The zero-order valence-corrected chi connectivity index (χ0v) is 10.7. The Morgan fingerprint density at radius 2 is 2.33 bits per heavy atom. The second-order valence-corrected chi connectivity index (χ2v) is 5.32. The van der Waals surface area contributed by atoms with Gasteiger partial charge in [-0.1, -0.05) is 5.21 Å². The number of hydrogen-bond acceptors (Lipinski definition) is 6. The molecule has 2 N–H and O–H groups in total. The van der Waals surface area contributed by atoms with Crippen LogP contribution in [-0.2, 0) is 16.6 Å². The Balaban J connectivity index is 2.17. The summed E-state index contributed by atoms with van der Waals surface area (Å²) in [6.45, 7) is 4.18. The fourth-order valence-electron chi connectivity index (χ4n) is 1.35. The summed E-state index contributed by atoms with van der Waals surface area (Å²) in [6.07, 6.45) is 2.93. The van der Waals surface area contributed by atoms with Crippen molar-refractivity contribution < 1.29 is 8.42 Å². The first kappa shape index (κ1) is 12.6. The Hall–Kier alpha value is -1.81. The molecule has 0 aliphatic heterocycles. The lowest BCUT2D eigenvalue weighted by Crippen LogP contribution is -2.28. The number of nitrogens with one attached hydrogen (secondary N) is 2. The van der Waals surface area contributed by atoms with Gasteiger partial charge in [-0.3, -0.25) is 0 Å². The molecule has 9 nitrogen and oxygen atoms in total. The molecule has 0 fully saturated rings. The first-order chi connectivity index (χ1) is 8.53. The number of aryl methyl sites for hydroxylation is 1. The highest BCUT2D eigenvalue weighted by Gasteiger charge is 2.22. The van der Waals surface area contributed by atoms with Crippen LogP contribution in [-0.4, -0.2) is 38.6 Å². The fraction of sp³-hybridized carbons (Fsp3) is 0.500.